The lowest BCUT2D eigenvalue weighted by atomic mass is 10.2. The summed E-state index contributed by atoms with van der Waals surface area (Å²) in [6, 6.07) is 17.3. The molecule has 0 fully saturated rings. The Balaban J connectivity index is 1.99. The maximum absolute atomic E-state index is 5.65. The SMILES string of the molecule is N/N=C(\N)c1ccc(OCc2ccccc2)cc1. The summed E-state index contributed by atoms with van der Waals surface area (Å²) >= 11 is 0. The van der Waals surface area contributed by atoms with E-state index in [1.54, 1.807) is 0 Å². The first-order chi connectivity index (χ1) is 8.79. The lowest BCUT2D eigenvalue weighted by molar-refractivity contribution is 0.306. The zero-order valence-electron chi connectivity index (χ0n) is 9.91. The molecule has 0 atom stereocenters. The van der Waals surface area contributed by atoms with Gasteiger partial charge in [0.25, 0.3) is 0 Å². The number of rotatable bonds is 4. The molecule has 4 nitrogen and oxygen atoms in total. The van der Waals surface area contributed by atoms with Gasteiger partial charge in [-0.05, 0) is 29.8 Å². The van der Waals surface area contributed by atoms with Gasteiger partial charge in [-0.25, -0.2) is 0 Å². The number of ether oxygens (including phenoxy) is 1. The molecule has 0 saturated heterocycles. The van der Waals surface area contributed by atoms with Crippen LogP contribution in [-0.2, 0) is 6.61 Å². The summed E-state index contributed by atoms with van der Waals surface area (Å²) < 4.78 is 5.65. The van der Waals surface area contributed by atoms with E-state index in [0.29, 0.717) is 12.4 Å². The predicted molar refractivity (Wildman–Crippen MR) is 72.1 cm³/mol. The highest BCUT2D eigenvalue weighted by Crippen LogP contribution is 2.14. The first-order valence-electron chi connectivity index (χ1n) is 5.60. The maximum atomic E-state index is 5.65. The second-order valence-electron chi connectivity index (χ2n) is 3.81. The Labute approximate surface area is 106 Å². The minimum atomic E-state index is 0.310. The Morgan fingerprint density at radius 3 is 2.28 bits per heavy atom. The number of hydrogen-bond donors (Lipinski definition) is 2. The molecule has 4 N–H and O–H groups in total. The first-order valence-corrected chi connectivity index (χ1v) is 5.60. The van der Waals surface area contributed by atoms with E-state index in [0.717, 1.165) is 16.9 Å². The molecule has 0 unspecified atom stereocenters. The van der Waals surface area contributed by atoms with Crippen LogP contribution >= 0.6 is 0 Å². The minimum Gasteiger partial charge on any atom is -0.489 e. The van der Waals surface area contributed by atoms with Gasteiger partial charge in [-0.3, -0.25) is 0 Å². The second kappa shape index (κ2) is 5.72. The average Bonchev–Trinajstić information content (AvgIpc) is 2.46. The Hall–Kier alpha value is -2.49. The molecule has 2 aromatic carbocycles. The molecule has 0 amide bonds. The predicted octanol–water partition coefficient (Wildman–Crippen LogP) is 1.84. The molecule has 2 rings (SSSR count). The van der Waals surface area contributed by atoms with Crippen LogP contribution < -0.4 is 16.3 Å². The normalized spacial score (nSPS) is 11.2. The molecule has 18 heavy (non-hydrogen) atoms. The molecule has 0 saturated carbocycles. The highest BCUT2D eigenvalue weighted by Gasteiger charge is 1.99. The van der Waals surface area contributed by atoms with Gasteiger partial charge in [0.15, 0.2) is 0 Å². The Morgan fingerprint density at radius 2 is 1.67 bits per heavy atom. The van der Waals surface area contributed by atoms with Crippen LogP contribution in [0, 0.1) is 0 Å². The zero-order valence-corrected chi connectivity index (χ0v) is 9.91. The number of amidine groups is 1. The van der Waals surface area contributed by atoms with E-state index >= 15 is 0 Å². The average molecular weight is 241 g/mol. The molecule has 0 bridgehead atoms. The fourth-order valence-corrected chi connectivity index (χ4v) is 1.54. The van der Waals surface area contributed by atoms with Crippen molar-refractivity contribution in [1.29, 1.82) is 0 Å². The van der Waals surface area contributed by atoms with Gasteiger partial charge in [-0.1, -0.05) is 30.3 Å². The van der Waals surface area contributed by atoms with Gasteiger partial charge in [0.2, 0.25) is 0 Å². The molecule has 92 valence electrons. The van der Waals surface area contributed by atoms with Crippen molar-refractivity contribution in [3.8, 4) is 5.75 Å². The summed E-state index contributed by atoms with van der Waals surface area (Å²) in [7, 11) is 0. The van der Waals surface area contributed by atoms with Crippen molar-refractivity contribution in [1.82, 2.24) is 0 Å². The standard InChI is InChI=1S/C14H15N3O/c15-14(17-16)12-6-8-13(9-7-12)18-10-11-4-2-1-3-5-11/h1-9H,10,16H2,(H2,15,17). The van der Waals surface area contributed by atoms with Gasteiger partial charge in [0, 0.05) is 5.56 Å². The summed E-state index contributed by atoms with van der Waals surface area (Å²) in [4.78, 5) is 0. The summed E-state index contributed by atoms with van der Waals surface area (Å²) in [5.41, 5.74) is 7.50. The number of benzene rings is 2. The smallest absolute Gasteiger partial charge is 0.150 e. The lowest BCUT2D eigenvalue weighted by Crippen LogP contribution is -2.15. The number of hydrogen-bond acceptors (Lipinski definition) is 3. The van der Waals surface area contributed by atoms with Crippen molar-refractivity contribution < 1.29 is 4.74 Å². The fourth-order valence-electron chi connectivity index (χ4n) is 1.54. The van der Waals surface area contributed by atoms with Crippen molar-refractivity contribution >= 4 is 5.84 Å². The molecule has 0 aliphatic rings. The topological polar surface area (TPSA) is 73.6 Å². The van der Waals surface area contributed by atoms with E-state index in [1.165, 1.54) is 0 Å². The highest BCUT2D eigenvalue weighted by molar-refractivity contribution is 5.97. The summed E-state index contributed by atoms with van der Waals surface area (Å²) in [5.74, 6) is 6.20. The minimum absolute atomic E-state index is 0.310. The summed E-state index contributed by atoms with van der Waals surface area (Å²) in [6.45, 7) is 0.542. The van der Waals surface area contributed by atoms with Crippen molar-refractivity contribution in [2.75, 3.05) is 0 Å². The molecule has 0 radical (unpaired) electrons. The number of nitrogens with two attached hydrogens (primary N) is 2. The second-order valence-corrected chi connectivity index (χ2v) is 3.81. The van der Waals surface area contributed by atoms with E-state index in [2.05, 4.69) is 5.10 Å². The zero-order chi connectivity index (χ0) is 12.8. The Kier molecular flexibility index (Phi) is 3.81. The molecule has 0 aliphatic heterocycles. The molecular formula is C14H15N3O. The largest absolute Gasteiger partial charge is 0.489 e. The molecule has 2 aromatic rings. The van der Waals surface area contributed by atoms with Crippen LogP contribution in [0.1, 0.15) is 11.1 Å². The first kappa shape index (κ1) is 12.0. The summed E-state index contributed by atoms with van der Waals surface area (Å²) in [5, 5.41) is 3.44. The fraction of sp³-hybridized carbons (Fsp3) is 0.0714. The van der Waals surface area contributed by atoms with Crippen LogP contribution in [0.2, 0.25) is 0 Å². The van der Waals surface area contributed by atoms with E-state index in [9.17, 15) is 0 Å². The van der Waals surface area contributed by atoms with Crippen LogP contribution in [-0.4, -0.2) is 5.84 Å². The molecule has 0 aromatic heterocycles. The number of nitrogens with zero attached hydrogens (tertiary/aromatic N) is 1. The quantitative estimate of drug-likeness (QED) is 0.371. The van der Waals surface area contributed by atoms with Crippen molar-refractivity contribution in [3.63, 3.8) is 0 Å². The van der Waals surface area contributed by atoms with E-state index in [-0.39, 0.29) is 0 Å². The Bertz CT molecular complexity index is 520. The summed E-state index contributed by atoms with van der Waals surface area (Å²) in [6.07, 6.45) is 0. The van der Waals surface area contributed by atoms with E-state index in [4.69, 9.17) is 16.3 Å². The van der Waals surface area contributed by atoms with Crippen molar-refractivity contribution in [2.24, 2.45) is 16.7 Å². The highest BCUT2D eigenvalue weighted by atomic mass is 16.5. The van der Waals surface area contributed by atoms with Crippen LogP contribution in [0.5, 0.6) is 5.75 Å². The van der Waals surface area contributed by atoms with Gasteiger partial charge in [-0.2, -0.15) is 5.10 Å². The van der Waals surface area contributed by atoms with Crippen LogP contribution in [0.3, 0.4) is 0 Å². The molecular weight excluding hydrogens is 226 g/mol. The van der Waals surface area contributed by atoms with E-state index < -0.39 is 0 Å². The van der Waals surface area contributed by atoms with Crippen LogP contribution in [0.4, 0.5) is 0 Å². The third-order valence-electron chi connectivity index (χ3n) is 2.54. The third-order valence-corrected chi connectivity index (χ3v) is 2.54. The monoisotopic (exact) mass is 241 g/mol. The van der Waals surface area contributed by atoms with Gasteiger partial charge in [0.05, 0.1) is 0 Å². The van der Waals surface area contributed by atoms with Crippen LogP contribution in [0.15, 0.2) is 59.7 Å². The number of hydrazone groups is 1. The van der Waals surface area contributed by atoms with Crippen molar-refractivity contribution in [2.45, 2.75) is 6.61 Å². The molecule has 0 heterocycles. The molecule has 0 spiro atoms. The molecule has 4 heteroatoms. The molecule has 0 aliphatic carbocycles. The van der Waals surface area contributed by atoms with Crippen LogP contribution in [0.25, 0.3) is 0 Å². The third kappa shape index (κ3) is 3.01. The lowest BCUT2D eigenvalue weighted by Gasteiger charge is -2.07. The maximum Gasteiger partial charge on any atom is 0.150 e. The van der Waals surface area contributed by atoms with E-state index in [1.807, 2.05) is 54.6 Å². The van der Waals surface area contributed by atoms with Gasteiger partial charge >= 0.3 is 0 Å². The van der Waals surface area contributed by atoms with Gasteiger partial charge in [-0.15, -0.1) is 0 Å². The Morgan fingerprint density at radius 1 is 1.00 bits per heavy atom. The van der Waals surface area contributed by atoms with Crippen molar-refractivity contribution in [3.05, 3.63) is 65.7 Å². The van der Waals surface area contributed by atoms with Gasteiger partial charge in [0.1, 0.15) is 18.2 Å². The van der Waals surface area contributed by atoms with Gasteiger partial charge < -0.3 is 16.3 Å².